The second-order valence-electron chi connectivity index (χ2n) is 5.26. The molecule has 0 unspecified atom stereocenters. The van der Waals surface area contributed by atoms with Crippen LogP contribution in [-0.4, -0.2) is 6.54 Å². The van der Waals surface area contributed by atoms with E-state index in [1.54, 1.807) is 11.3 Å². The molecule has 2 rings (SSSR count). The maximum atomic E-state index is 6.31. The summed E-state index contributed by atoms with van der Waals surface area (Å²) in [5.74, 6) is 1.46. The number of ether oxygens (including phenoxy) is 1. The fraction of sp³-hybridized carbons (Fsp3) is 0.375. The van der Waals surface area contributed by atoms with E-state index < -0.39 is 0 Å². The van der Waals surface area contributed by atoms with Gasteiger partial charge in [0.2, 0.25) is 0 Å². The van der Waals surface area contributed by atoms with E-state index in [-0.39, 0.29) is 0 Å². The summed E-state index contributed by atoms with van der Waals surface area (Å²) in [6, 6.07) is 7.88. The number of nitrogens with one attached hydrogen (secondary N) is 1. The van der Waals surface area contributed by atoms with Crippen LogP contribution >= 0.6 is 38.9 Å². The average Bonchev–Trinajstić information content (AvgIpc) is 2.84. The Kier molecular flexibility index (Phi) is 6.55. The van der Waals surface area contributed by atoms with Crippen molar-refractivity contribution in [1.82, 2.24) is 5.32 Å². The number of hydrogen-bond donors (Lipinski definition) is 1. The lowest BCUT2D eigenvalue weighted by Gasteiger charge is -2.14. The van der Waals surface area contributed by atoms with E-state index in [1.807, 2.05) is 18.2 Å². The molecule has 1 aromatic carbocycles. The molecular formula is C16H19BrClNOS. The van der Waals surface area contributed by atoms with Gasteiger partial charge in [0.15, 0.2) is 0 Å². The van der Waals surface area contributed by atoms with Gasteiger partial charge in [-0.15, -0.1) is 11.3 Å². The predicted octanol–water partition coefficient (Wildman–Crippen LogP) is 5.49. The van der Waals surface area contributed by atoms with Crippen LogP contribution in [0, 0.1) is 5.92 Å². The summed E-state index contributed by atoms with van der Waals surface area (Å²) in [5.41, 5.74) is 1.02. The minimum Gasteiger partial charge on any atom is -0.488 e. The Morgan fingerprint density at radius 1 is 1.38 bits per heavy atom. The Morgan fingerprint density at radius 3 is 2.86 bits per heavy atom. The summed E-state index contributed by atoms with van der Waals surface area (Å²) >= 11 is 11.4. The topological polar surface area (TPSA) is 21.3 Å². The van der Waals surface area contributed by atoms with Gasteiger partial charge in [0, 0.05) is 31.9 Å². The van der Waals surface area contributed by atoms with Crippen LogP contribution in [-0.2, 0) is 13.2 Å². The molecule has 114 valence electrons. The Bertz CT molecular complexity index is 585. The monoisotopic (exact) mass is 387 g/mol. The number of hydrogen-bond acceptors (Lipinski definition) is 3. The van der Waals surface area contributed by atoms with Crippen LogP contribution in [0.15, 0.2) is 34.1 Å². The molecule has 0 saturated heterocycles. The number of thiophene rings is 1. The van der Waals surface area contributed by atoms with Gasteiger partial charge >= 0.3 is 0 Å². The highest BCUT2D eigenvalue weighted by Gasteiger charge is 2.09. The first-order chi connectivity index (χ1) is 10.1. The summed E-state index contributed by atoms with van der Waals surface area (Å²) in [5, 5.41) is 6.22. The van der Waals surface area contributed by atoms with Crippen LogP contribution in [0.1, 0.15) is 24.3 Å². The van der Waals surface area contributed by atoms with E-state index in [1.165, 1.54) is 4.88 Å². The molecule has 0 spiro atoms. The van der Waals surface area contributed by atoms with Gasteiger partial charge in [0.05, 0.1) is 0 Å². The minimum atomic E-state index is 0.563. The van der Waals surface area contributed by atoms with Crippen molar-refractivity contribution in [2.75, 3.05) is 6.54 Å². The molecule has 1 aromatic heterocycles. The maximum Gasteiger partial charge on any atom is 0.125 e. The van der Waals surface area contributed by atoms with Gasteiger partial charge in [-0.05, 0) is 46.6 Å². The molecule has 0 radical (unpaired) electrons. The average molecular weight is 389 g/mol. The molecule has 0 aliphatic carbocycles. The molecule has 1 heterocycles. The first-order valence-electron chi connectivity index (χ1n) is 6.90. The van der Waals surface area contributed by atoms with Crippen LogP contribution in [0.3, 0.4) is 0 Å². The van der Waals surface area contributed by atoms with Gasteiger partial charge in [-0.3, -0.25) is 0 Å². The summed E-state index contributed by atoms with van der Waals surface area (Å²) < 4.78 is 7.03. The summed E-state index contributed by atoms with van der Waals surface area (Å²) in [6.07, 6.45) is 0. The molecule has 0 saturated carbocycles. The molecule has 21 heavy (non-hydrogen) atoms. The molecule has 2 nitrogen and oxygen atoms in total. The molecule has 0 atom stereocenters. The summed E-state index contributed by atoms with van der Waals surface area (Å²) in [6.45, 7) is 6.62. The lowest BCUT2D eigenvalue weighted by molar-refractivity contribution is 0.305. The summed E-state index contributed by atoms with van der Waals surface area (Å²) in [7, 11) is 0. The highest BCUT2D eigenvalue weighted by atomic mass is 79.9. The van der Waals surface area contributed by atoms with Crippen molar-refractivity contribution < 1.29 is 4.74 Å². The fourth-order valence-corrected chi connectivity index (χ4v) is 3.50. The second kappa shape index (κ2) is 8.18. The van der Waals surface area contributed by atoms with Crippen molar-refractivity contribution in [3.63, 3.8) is 0 Å². The van der Waals surface area contributed by atoms with Crippen molar-refractivity contribution in [1.29, 1.82) is 0 Å². The molecule has 0 amide bonds. The third-order valence-corrected chi connectivity index (χ3v) is 4.95. The lowest BCUT2D eigenvalue weighted by atomic mass is 10.1. The van der Waals surface area contributed by atoms with Crippen molar-refractivity contribution in [3.05, 3.63) is 49.6 Å². The van der Waals surface area contributed by atoms with Crippen molar-refractivity contribution >= 4 is 38.9 Å². The maximum absolute atomic E-state index is 6.31. The van der Waals surface area contributed by atoms with E-state index >= 15 is 0 Å². The Labute approximate surface area is 143 Å². The first-order valence-corrected chi connectivity index (χ1v) is 8.95. The van der Waals surface area contributed by atoms with Crippen LogP contribution in [0.25, 0.3) is 0 Å². The molecule has 0 fully saturated rings. The second-order valence-corrected chi connectivity index (χ2v) is 7.58. The molecule has 2 aromatic rings. The molecule has 0 aliphatic rings. The van der Waals surface area contributed by atoms with Crippen molar-refractivity contribution in [2.24, 2.45) is 5.92 Å². The minimum absolute atomic E-state index is 0.563. The van der Waals surface area contributed by atoms with E-state index in [2.05, 4.69) is 46.5 Å². The quantitative estimate of drug-likeness (QED) is 0.677. The van der Waals surface area contributed by atoms with E-state index in [0.29, 0.717) is 12.5 Å². The van der Waals surface area contributed by atoms with Crippen LogP contribution < -0.4 is 10.1 Å². The highest BCUT2D eigenvalue weighted by Crippen LogP contribution is 2.28. The summed E-state index contributed by atoms with van der Waals surface area (Å²) in [4.78, 5) is 1.18. The van der Waals surface area contributed by atoms with E-state index in [9.17, 15) is 0 Å². The molecular weight excluding hydrogens is 370 g/mol. The third kappa shape index (κ3) is 5.29. The van der Waals surface area contributed by atoms with Crippen molar-refractivity contribution in [2.45, 2.75) is 27.0 Å². The Morgan fingerprint density at radius 2 is 2.19 bits per heavy atom. The van der Waals surface area contributed by atoms with Crippen molar-refractivity contribution in [3.8, 4) is 5.75 Å². The van der Waals surface area contributed by atoms with Gasteiger partial charge < -0.3 is 10.1 Å². The van der Waals surface area contributed by atoms with Gasteiger partial charge in [-0.2, -0.15) is 0 Å². The molecule has 0 aliphatic heterocycles. The lowest BCUT2D eigenvalue weighted by Crippen LogP contribution is -2.19. The first kappa shape index (κ1) is 16.8. The Hall–Kier alpha value is -0.550. The van der Waals surface area contributed by atoms with Crippen LogP contribution in [0.2, 0.25) is 5.02 Å². The van der Waals surface area contributed by atoms with Gasteiger partial charge in [-0.1, -0.05) is 31.5 Å². The normalized spacial score (nSPS) is 11.1. The standard InChI is InChI=1S/C16H19BrClNOS/c1-11(2)7-19-8-14-15(18)4-3-5-16(14)20-9-13-6-12(17)10-21-13/h3-6,10-11,19H,7-9H2,1-2H3. The van der Waals surface area contributed by atoms with E-state index in [0.717, 1.165) is 33.9 Å². The largest absolute Gasteiger partial charge is 0.488 e. The number of rotatable bonds is 7. The third-order valence-electron chi connectivity index (χ3n) is 2.92. The zero-order chi connectivity index (χ0) is 15.2. The number of halogens is 2. The Balaban J connectivity index is 2.02. The van der Waals surface area contributed by atoms with Gasteiger partial charge in [0.25, 0.3) is 0 Å². The SMILES string of the molecule is CC(C)CNCc1c(Cl)cccc1OCc1cc(Br)cs1. The molecule has 1 N–H and O–H groups in total. The predicted molar refractivity (Wildman–Crippen MR) is 94.3 cm³/mol. The zero-order valence-electron chi connectivity index (χ0n) is 12.2. The van der Waals surface area contributed by atoms with Crippen LogP contribution in [0.5, 0.6) is 5.75 Å². The highest BCUT2D eigenvalue weighted by molar-refractivity contribution is 9.10. The molecule has 5 heteroatoms. The number of benzene rings is 1. The van der Waals surface area contributed by atoms with Gasteiger partial charge in [-0.25, -0.2) is 0 Å². The molecule has 0 bridgehead atoms. The smallest absolute Gasteiger partial charge is 0.125 e. The fourth-order valence-electron chi connectivity index (χ4n) is 1.91. The van der Waals surface area contributed by atoms with Gasteiger partial charge in [0.1, 0.15) is 12.4 Å². The van der Waals surface area contributed by atoms with E-state index in [4.69, 9.17) is 16.3 Å². The van der Waals surface area contributed by atoms with Crippen LogP contribution in [0.4, 0.5) is 0 Å². The zero-order valence-corrected chi connectivity index (χ0v) is 15.3.